The smallest absolute Gasteiger partial charge is 0.336 e. The van der Waals surface area contributed by atoms with Crippen molar-refractivity contribution < 1.29 is 26.4 Å². The molecule has 0 aromatic heterocycles. The fourth-order valence-corrected chi connectivity index (χ4v) is 5.95. The highest BCUT2D eigenvalue weighted by molar-refractivity contribution is 7.89. The summed E-state index contributed by atoms with van der Waals surface area (Å²) in [5, 5.41) is 0. The third-order valence-electron chi connectivity index (χ3n) is 6.49. The Kier molecular flexibility index (Phi) is 7.02. The van der Waals surface area contributed by atoms with E-state index in [2.05, 4.69) is 4.90 Å². The van der Waals surface area contributed by atoms with Crippen LogP contribution >= 0.6 is 0 Å². The van der Waals surface area contributed by atoms with Gasteiger partial charge >= 0.3 is 6.18 Å². The standard InChI is InChI=1S/C24H28F3N3O3S/c1-18-4-9-21(34(32,33)30-10-2-3-11-30)16-22(18)23(31)29-14-12-28(13-15-29)17-19-5-7-20(8-6-19)24(25,26)27/h4-9,16H,2-3,10-15,17H2,1H3. The average molecular weight is 496 g/mol. The molecule has 0 aliphatic carbocycles. The molecule has 2 fully saturated rings. The number of nitrogens with zero attached hydrogens (tertiary/aromatic N) is 3. The van der Waals surface area contributed by atoms with Gasteiger partial charge in [0, 0.05) is 51.4 Å². The molecule has 2 heterocycles. The number of sulfonamides is 1. The molecule has 0 radical (unpaired) electrons. The zero-order valence-electron chi connectivity index (χ0n) is 19.0. The normalized spacial score (nSPS) is 18.4. The third kappa shape index (κ3) is 5.29. The molecule has 184 valence electrons. The summed E-state index contributed by atoms with van der Waals surface area (Å²) in [6.07, 6.45) is -2.67. The third-order valence-corrected chi connectivity index (χ3v) is 8.38. The summed E-state index contributed by atoms with van der Waals surface area (Å²) in [5.74, 6) is -0.204. The Balaban J connectivity index is 1.39. The number of rotatable bonds is 5. The first-order valence-corrected chi connectivity index (χ1v) is 12.8. The van der Waals surface area contributed by atoms with Crippen molar-refractivity contribution in [1.82, 2.24) is 14.1 Å². The first-order valence-electron chi connectivity index (χ1n) is 11.3. The Labute approximate surface area is 198 Å². The number of amides is 1. The Hall–Kier alpha value is -2.43. The van der Waals surface area contributed by atoms with Crippen molar-refractivity contribution in [1.29, 1.82) is 0 Å². The Morgan fingerprint density at radius 2 is 1.53 bits per heavy atom. The lowest BCUT2D eigenvalue weighted by atomic mass is 10.1. The van der Waals surface area contributed by atoms with Crippen LogP contribution in [0.3, 0.4) is 0 Å². The molecule has 2 aliphatic heterocycles. The maximum atomic E-state index is 13.2. The topological polar surface area (TPSA) is 60.9 Å². The molecule has 0 unspecified atom stereocenters. The van der Waals surface area contributed by atoms with E-state index >= 15 is 0 Å². The molecular formula is C24H28F3N3O3S. The fourth-order valence-electron chi connectivity index (χ4n) is 4.41. The van der Waals surface area contributed by atoms with Gasteiger partial charge in [0.15, 0.2) is 0 Å². The Morgan fingerprint density at radius 1 is 0.912 bits per heavy atom. The van der Waals surface area contributed by atoms with Crippen LogP contribution < -0.4 is 0 Å². The van der Waals surface area contributed by atoms with Crippen LogP contribution in [0.5, 0.6) is 0 Å². The predicted octanol–water partition coefficient (Wildman–Crippen LogP) is 3.76. The van der Waals surface area contributed by atoms with E-state index in [0.29, 0.717) is 51.4 Å². The molecule has 2 aliphatic rings. The molecule has 2 aromatic carbocycles. The van der Waals surface area contributed by atoms with Gasteiger partial charge in [0.05, 0.1) is 10.5 Å². The minimum Gasteiger partial charge on any atom is -0.336 e. The number of aryl methyl sites for hydroxylation is 1. The molecule has 2 saturated heterocycles. The second-order valence-corrected chi connectivity index (χ2v) is 10.8. The van der Waals surface area contributed by atoms with E-state index in [9.17, 15) is 26.4 Å². The average Bonchev–Trinajstić information content (AvgIpc) is 3.35. The molecule has 0 spiro atoms. The summed E-state index contributed by atoms with van der Waals surface area (Å²) in [6.45, 7) is 5.38. The van der Waals surface area contributed by atoms with E-state index in [1.54, 1.807) is 24.0 Å². The number of piperazine rings is 1. The Morgan fingerprint density at radius 3 is 2.12 bits per heavy atom. The van der Waals surface area contributed by atoms with Crippen LogP contribution in [0.4, 0.5) is 13.2 Å². The fraction of sp³-hybridized carbons (Fsp3) is 0.458. The number of hydrogen-bond acceptors (Lipinski definition) is 4. The highest BCUT2D eigenvalue weighted by Crippen LogP contribution is 2.29. The number of carbonyl (C=O) groups excluding carboxylic acids is 1. The van der Waals surface area contributed by atoms with E-state index < -0.39 is 21.8 Å². The van der Waals surface area contributed by atoms with E-state index in [0.717, 1.165) is 36.1 Å². The molecule has 2 aromatic rings. The van der Waals surface area contributed by atoms with Crippen LogP contribution in [0.1, 0.15) is 39.9 Å². The van der Waals surface area contributed by atoms with Crippen molar-refractivity contribution >= 4 is 15.9 Å². The maximum absolute atomic E-state index is 13.2. The number of hydrogen-bond donors (Lipinski definition) is 0. The molecule has 4 rings (SSSR count). The van der Waals surface area contributed by atoms with Crippen molar-refractivity contribution in [3.8, 4) is 0 Å². The monoisotopic (exact) mass is 495 g/mol. The summed E-state index contributed by atoms with van der Waals surface area (Å²) in [4.78, 5) is 17.1. The minimum atomic E-state index is -4.35. The first-order chi connectivity index (χ1) is 16.1. The lowest BCUT2D eigenvalue weighted by Gasteiger charge is -2.35. The van der Waals surface area contributed by atoms with Crippen molar-refractivity contribution in [2.24, 2.45) is 0 Å². The molecule has 0 N–H and O–H groups in total. The van der Waals surface area contributed by atoms with E-state index in [4.69, 9.17) is 0 Å². The lowest BCUT2D eigenvalue weighted by Crippen LogP contribution is -2.48. The van der Waals surface area contributed by atoms with E-state index in [1.165, 1.54) is 22.5 Å². The SMILES string of the molecule is Cc1ccc(S(=O)(=O)N2CCCC2)cc1C(=O)N1CCN(Cc2ccc(C(F)(F)F)cc2)CC1. The summed E-state index contributed by atoms with van der Waals surface area (Å²) >= 11 is 0. The molecule has 10 heteroatoms. The van der Waals surface area contributed by atoms with Gasteiger partial charge in [-0.25, -0.2) is 8.42 Å². The maximum Gasteiger partial charge on any atom is 0.416 e. The first kappa shape index (κ1) is 24.7. The summed E-state index contributed by atoms with van der Waals surface area (Å²) < 4.78 is 65.6. The highest BCUT2D eigenvalue weighted by Gasteiger charge is 2.31. The summed E-state index contributed by atoms with van der Waals surface area (Å²) in [7, 11) is -3.61. The van der Waals surface area contributed by atoms with Crippen LogP contribution in [0.25, 0.3) is 0 Å². The van der Waals surface area contributed by atoms with Gasteiger partial charge in [-0.1, -0.05) is 18.2 Å². The highest BCUT2D eigenvalue weighted by atomic mass is 32.2. The molecule has 1 amide bonds. The molecule has 0 saturated carbocycles. The minimum absolute atomic E-state index is 0.143. The lowest BCUT2D eigenvalue weighted by molar-refractivity contribution is -0.137. The van der Waals surface area contributed by atoms with Gasteiger partial charge in [-0.3, -0.25) is 9.69 Å². The zero-order valence-corrected chi connectivity index (χ0v) is 19.8. The summed E-state index contributed by atoms with van der Waals surface area (Å²) in [6, 6.07) is 9.85. The number of alkyl halides is 3. The predicted molar refractivity (Wildman–Crippen MR) is 122 cm³/mol. The molecular weight excluding hydrogens is 467 g/mol. The van der Waals surface area contributed by atoms with Crippen LogP contribution in [-0.4, -0.2) is 67.7 Å². The van der Waals surface area contributed by atoms with Crippen LogP contribution in [0.15, 0.2) is 47.4 Å². The van der Waals surface area contributed by atoms with Crippen LogP contribution in [-0.2, 0) is 22.7 Å². The van der Waals surface area contributed by atoms with Crippen molar-refractivity contribution in [2.75, 3.05) is 39.3 Å². The molecule has 34 heavy (non-hydrogen) atoms. The van der Waals surface area contributed by atoms with Crippen LogP contribution in [0, 0.1) is 6.92 Å². The number of benzene rings is 2. The number of halogens is 3. The number of carbonyl (C=O) groups is 1. The van der Waals surface area contributed by atoms with Crippen LogP contribution in [0.2, 0.25) is 0 Å². The van der Waals surface area contributed by atoms with E-state index in [-0.39, 0.29) is 10.8 Å². The van der Waals surface area contributed by atoms with Crippen molar-refractivity contribution in [3.05, 3.63) is 64.7 Å². The zero-order chi connectivity index (χ0) is 24.5. The van der Waals surface area contributed by atoms with Gasteiger partial charge in [-0.2, -0.15) is 17.5 Å². The second-order valence-electron chi connectivity index (χ2n) is 8.85. The van der Waals surface area contributed by atoms with Gasteiger partial charge in [-0.05, 0) is 55.2 Å². The largest absolute Gasteiger partial charge is 0.416 e. The second kappa shape index (κ2) is 9.67. The van der Waals surface area contributed by atoms with Gasteiger partial charge in [0.2, 0.25) is 10.0 Å². The molecule has 0 atom stereocenters. The van der Waals surface area contributed by atoms with Gasteiger partial charge < -0.3 is 4.90 Å². The van der Waals surface area contributed by atoms with Gasteiger partial charge in [0.25, 0.3) is 5.91 Å². The molecule has 0 bridgehead atoms. The quantitative estimate of drug-likeness (QED) is 0.634. The molecule has 6 nitrogen and oxygen atoms in total. The Bertz CT molecular complexity index is 1140. The van der Waals surface area contributed by atoms with E-state index in [1.807, 2.05) is 0 Å². The summed E-state index contributed by atoms with van der Waals surface area (Å²) in [5.41, 5.74) is 1.22. The van der Waals surface area contributed by atoms with Crippen molar-refractivity contribution in [3.63, 3.8) is 0 Å². The van der Waals surface area contributed by atoms with Gasteiger partial charge in [0.1, 0.15) is 0 Å². The van der Waals surface area contributed by atoms with Crippen molar-refractivity contribution in [2.45, 2.75) is 37.4 Å². The van der Waals surface area contributed by atoms with Gasteiger partial charge in [-0.15, -0.1) is 0 Å².